The summed E-state index contributed by atoms with van der Waals surface area (Å²) in [7, 11) is 0. The molecule has 0 spiro atoms. The van der Waals surface area contributed by atoms with Crippen LogP contribution in [0, 0.1) is 0 Å². The predicted octanol–water partition coefficient (Wildman–Crippen LogP) is 7.22. The van der Waals surface area contributed by atoms with Crippen LogP contribution in [0.3, 0.4) is 0 Å². The number of ether oxygens (including phenoxy) is 2. The van der Waals surface area contributed by atoms with E-state index in [-0.39, 0.29) is 11.6 Å². The second-order valence-electron chi connectivity index (χ2n) is 6.57. The number of hydrogen-bond donors (Lipinski definition) is 0. The lowest BCUT2D eigenvalue weighted by Gasteiger charge is -2.08. The van der Waals surface area contributed by atoms with E-state index in [4.69, 9.17) is 55.9 Å². The van der Waals surface area contributed by atoms with Crippen LogP contribution < -0.4 is 4.74 Å². The third-order valence-corrected chi connectivity index (χ3v) is 5.62. The Bertz CT molecular complexity index is 1240. The molecule has 0 bridgehead atoms. The highest BCUT2D eigenvalue weighted by Gasteiger charge is 2.25. The minimum atomic E-state index is -0.567. The van der Waals surface area contributed by atoms with Gasteiger partial charge in [-0.3, -0.25) is 0 Å². The molecule has 0 aliphatic carbocycles. The van der Waals surface area contributed by atoms with Crippen molar-refractivity contribution in [1.29, 1.82) is 0 Å². The van der Waals surface area contributed by atoms with Gasteiger partial charge >= 0.3 is 5.97 Å². The molecule has 4 rings (SSSR count). The molecule has 4 nitrogen and oxygen atoms in total. The molecule has 0 fully saturated rings. The van der Waals surface area contributed by atoms with E-state index in [9.17, 15) is 4.79 Å². The van der Waals surface area contributed by atoms with Crippen molar-refractivity contribution in [2.75, 3.05) is 0 Å². The fourth-order valence-electron chi connectivity index (χ4n) is 2.84. The van der Waals surface area contributed by atoms with Crippen LogP contribution in [-0.2, 0) is 16.1 Å². The van der Waals surface area contributed by atoms with E-state index < -0.39 is 5.97 Å². The monoisotopic (exact) mass is 491 g/mol. The summed E-state index contributed by atoms with van der Waals surface area (Å²) < 4.78 is 11.1. The maximum atomic E-state index is 12.3. The molecule has 1 aliphatic heterocycles. The number of carbonyl (C=O) groups excluding carboxylic acids is 1. The molecule has 1 heterocycles. The van der Waals surface area contributed by atoms with Gasteiger partial charge in [-0.15, -0.1) is 0 Å². The Morgan fingerprint density at radius 3 is 2.52 bits per heavy atom. The van der Waals surface area contributed by atoms with Crippen LogP contribution in [0.1, 0.15) is 16.7 Å². The van der Waals surface area contributed by atoms with Gasteiger partial charge in [-0.1, -0.05) is 64.6 Å². The van der Waals surface area contributed by atoms with Crippen molar-refractivity contribution in [3.63, 3.8) is 0 Å². The molecular formula is C23H13Cl4NO3. The first-order valence-corrected chi connectivity index (χ1v) is 10.5. The molecule has 0 atom stereocenters. The fourth-order valence-corrected chi connectivity index (χ4v) is 3.65. The Labute approximate surface area is 198 Å². The third kappa shape index (κ3) is 5.23. The van der Waals surface area contributed by atoms with E-state index in [1.165, 1.54) is 0 Å². The first kappa shape index (κ1) is 21.7. The van der Waals surface area contributed by atoms with Gasteiger partial charge in [-0.25, -0.2) is 9.79 Å². The van der Waals surface area contributed by atoms with Crippen molar-refractivity contribution in [3.8, 4) is 5.75 Å². The molecule has 8 heteroatoms. The summed E-state index contributed by atoms with van der Waals surface area (Å²) in [4.78, 5) is 16.5. The topological polar surface area (TPSA) is 47.9 Å². The minimum absolute atomic E-state index is 0.130. The molecule has 3 aromatic rings. The van der Waals surface area contributed by atoms with Crippen molar-refractivity contribution in [3.05, 3.63) is 103 Å². The van der Waals surface area contributed by atoms with Crippen molar-refractivity contribution < 1.29 is 14.3 Å². The van der Waals surface area contributed by atoms with E-state index >= 15 is 0 Å². The highest BCUT2D eigenvalue weighted by Crippen LogP contribution is 2.27. The molecule has 0 radical (unpaired) electrons. The molecule has 0 aromatic heterocycles. The molecule has 0 N–H and O–H groups in total. The number of halogens is 4. The number of hydrogen-bond acceptors (Lipinski definition) is 4. The molecule has 0 amide bonds. The second kappa shape index (κ2) is 9.33. The molecule has 1 aliphatic rings. The molecule has 3 aromatic carbocycles. The van der Waals surface area contributed by atoms with E-state index in [2.05, 4.69) is 4.99 Å². The minimum Gasteiger partial charge on any atom is -0.489 e. The SMILES string of the molecule is O=C1OC(c2ccc(Cl)cc2Cl)=N/C1=C\c1cccc(OCc2ccc(Cl)c(Cl)c2)c1. The van der Waals surface area contributed by atoms with Gasteiger partial charge in [0.25, 0.3) is 0 Å². The zero-order chi connectivity index (χ0) is 22.0. The molecule has 0 unspecified atom stereocenters. The van der Waals surface area contributed by atoms with E-state index in [1.54, 1.807) is 42.5 Å². The quantitative estimate of drug-likeness (QED) is 0.279. The summed E-state index contributed by atoms with van der Waals surface area (Å²) in [6.45, 7) is 0.316. The van der Waals surface area contributed by atoms with E-state index in [1.807, 2.05) is 24.3 Å². The Kier molecular flexibility index (Phi) is 6.54. The van der Waals surface area contributed by atoms with Crippen LogP contribution in [0.5, 0.6) is 5.75 Å². The van der Waals surface area contributed by atoms with Gasteiger partial charge in [0.2, 0.25) is 5.90 Å². The van der Waals surface area contributed by atoms with Crippen LogP contribution in [-0.4, -0.2) is 11.9 Å². The number of aliphatic imine (C=N–C) groups is 1. The molecule has 156 valence electrons. The summed E-state index contributed by atoms with van der Waals surface area (Å²) in [5, 5.41) is 1.78. The first-order chi connectivity index (χ1) is 14.9. The number of cyclic esters (lactones) is 1. The summed E-state index contributed by atoms with van der Waals surface area (Å²) in [6, 6.07) is 17.4. The largest absolute Gasteiger partial charge is 0.489 e. The summed E-state index contributed by atoms with van der Waals surface area (Å²) >= 11 is 24.1. The first-order valence-electron chi connectivity index (χ1n) is 9.04. The van der Waals surface area contributed by atoms with Gasteiger partial charge < -0.3 is 9.47 Å². The zero-order valence-electron chi connectivity index (χ0n) is 15.7. The van der Waals surface area contributed by atoms with Crippen LogP contribution in [0.4, 0.5) is 0 Å². The molecule has 31 heavy (non-hydrogen) atoms. The van der Waals surface area contributed by atoms with Crippen LogP contribution in [0.25, 0.3) is 6.08 Å². The Morgan fingerprint density at radius 1 is 0.903 bits per heavy atom. The molecule has 0 saturated heterocycles. The van der Waals surface area contributed by atoms with Gasteiger partial charge in [-0.2, -0.15) is 0 Å². The number of nitrogens with zero attached hydrogens (tertiary/aromatic N) is 1. The van der Waals surface area contributed by atoms with Gasteiger partial charge in [0, 0.05) is 5.02 Å². The van der Waals surface area contributed by atoms with Crippen LogP contribution in [0.15, 0.2) is 71.4 Å². The summed E-state index contributed by atoms with van der Waals surface area (Å²) in [5.41, 5.74) is 2.25. The Morgan fingerprint density at radius 2 is 1.74 bits per heavy atom. The van der Waals surface area contributed by atoms with E-state index in [0.717, 1.165) is 11.1 Å². The number of carbonyl (C=O) groups is 1. The maximum absolute atomic E-state index is 12.3. The summed E-state index contributed by atoms with van der Waals surface area (Å²) in [5.74, 6) is 0.185. The van der Waals surface area contributed by atoms with Gasteiger partial charge in [0.15, 0.2) is 5.70 Å². The highest BCUT2D eigenvalue weighted by molar-refractivity contribution is 6.42. The predicted molar refractivity (Wildman–Crippen MR) is 124 cm³/mol. The molecular weight excluding hydrogens is 480 g/mol. The zero-order valence-corrected chi connectivity index (χ0v) is 18.8. The van der Waals surface area contributed by atoms with Crippen LogP contribution >= 0.6 is 46.4 Å². The Balaban J connectivity index is 1.52. The van der Waals surface area contributed by atoms with Crippen LogP contribution in [0.2, 0.25) is 20.1 Å². The lowest BCUT2D eigenvalue weighted by Crippen LogP contribution is -2.05. The molecule has 0 saturated carbocycles. The number of benzene rings is 3. The average molecular weight is 493 g/mol. The normalized spacial score (nSPS) is 14.5. The summed E-state index contributed by atoms with van der Waals surface area (Å²) in [6.07, 6.45) is 1.62. The maximum Gasteiger partial charge on any atom is 0.363 e. The third-order valence-electron chi connectivity index (χ3n) is 4.33. The lowest BCUT2D eigenvalue weighted by atomic mass is 10.2. The fraction of sp³-hybridized carbons (Fsp3) is 0.0435. The van der Waals surface area contributed by atoms with Gasteiger partial charge in [0.05, 0.1) is 20.6 Å². The van der Waals surface area contributed by atoms with Crippen molar-refractivity contribution in [2.24, 2.45) is 4.99 Å². The number of rotatable bonds is 5. The van der Waals surface area contributed by atoms with E-state index in [0.29, 0.717) is 38.0 Å². The van der Waals surface area contributed by atoms with Crippen molar-refractivity contribution in [2.45, 2.75) is 6.61 Å². The van der Waals surface area contributed by atoms with Gasteiger partial charge in [-0.05, 0) is 59.7 Å². The second-order valence-corrected chi connectivity index (χ2v) is 8.23. The number of esters is 1. The lowest BCUT2D eigenvalue weighted by molar-refractivity contribution is -0.129. The van der Waals surface area contributed by atoms with Crippen molar-refractivity contribution in [1.82, 2.24) is 0 Å². The smallest absolute Gasteiger partial charge is 0.363 e. The van der Waals surface area contributed by atoms with Gasteiger partial charge in [0.1, 0.15) is 12.4 Å². The van der Waals surface area contributed by atoms with Crippen molar-refractivity contribution >= 4 is 64.3 Å². The Hall–Kier alpha value is -2.50. The highest BCUT2D eigenvalue weighted by atomic mass is 35.5. The standard InChI is InChI=1S/C23H13Cl4NO3/c24-15-5-6-17(19(26)11-15)22-28-21(23(29)31-22)10-13-2-1-3-16(8-13)30-12-14-4-7-18(25)20(27)9-14/h1-11H,12H2/b21-10-. The average Bonchev–Trinajstić information content (AvgIpc) is 3.09.